The van der Waals surface area contributed by atoms with Gasteiger partial charge < -0.3 is 5.32 Å². The molecule has 0 aliphatic rings. The minimum Gasteiger partial charge on any atom is -0.369 e. The van der Waals surface area contributed by atoms with Gasteiger partial charge in [-0.15, -0.1) is 5.10 Å². The van der Waals surface area contributed by atoms with Gasteiger partial charge in [0.25, 0.3) is 0 Å². The summed E-state index contributed by atoms with van der Waals surface area (Å²) < 4.78 is 2.67. The topological polar surface area (TPSA) is 68.5 Å². The van der Waals surface area contributed by atoms with Crippen LogP contribution in [0.15, 0.2) is 29.4 Å². The van der Waals surface area contributed by atoms with Crippen LogP contribution in [0.5, 0.6) is 0 Å². The summed E-state index contributed by atoms with van der Waals surface area (Å²) >= 11 is 3.37. The van der Waals surface area contributed by atoms with E-state index >= 15 is 0 Å². The molecule has 0 unspecified atom stereocenters. The van der Waals surface area contributed by atoms with Gasteiger partial charge in [0.1, 0.15) is 12.1 Å². The van der Waals surface area contributed by atoms with Gasteiger partial charge >= 0.3 is 0 Å². The second-order valence-corrected chi connectivity index (χ2v) is 4.02. The quantitative estimate of drug-likeness (QED) is 0.838. The van der Waals surface area contributed by atoms with Gasteiger partial charge in [-0.05, 0) is 22.4 Å². The lowest BCUT2D eigenvalue weighted by molar-refractivity contribution is 0.569. The molecule has 0 aliphatic heterocycles. The minimum atomic E-state index is 0.814. The number of nitrogens with zero attached hydrogens (tertiary/aromatic N) is 5. The fraction of sp³-hybridized carbons (Fsp3) is 0.333. The number of rotatable bonds is 5. The molecule has 2 aromatic rings. The van der Waals surface area contributed by atoms with Crippen molar-refractivity contribution in [2.45, 2.75) is 13.0 Å². The predicted molar refractivity (Wildman–Crippen MR) is 62.9 cm³/mol. The van der Waals surface area contributed by atoms with E-state index in [4.69, 9.17) is 0 Å². The van der Waals surface area contributed by atoms with Gasteiger partial charge in [0.15, 0.2) is 0 Å². The van der Waals surface area contributed by atoms with Gasteiger partial charge in [-0.1, -0.05) is 5.21 Å². The third kappa shape index (κ3) is 2.99. The Hall–Kier alpha value is -1.50. The number of aromatic nitrogens is 5. The molecule has 0 aliphatic carbocycles. The highest BCUT2D eigenvalue weighted by Gasteiger charge is 1.99. The SMILES string of the molecule is Brc1cncnc1NCCCn1ccnn1. The highest BCUT2D eigenvalue weighted by atomic mass is 79.9. The van der Waals surface area contributed by atoms with E-state index in [1.54, 1.807) is 17.1 Å². The molecule has 0 spiro atoms. The van der Waals surface area contributed by atoms with Gasteiger partial charge in [0.2, 0.25) is 0 Å². The number of anilines is 1. The maximum absolute atomic E-state index is 4.11. The molecule has 2 heterocycles. The van der Waals surface area contributed by atoms with Crippen LogP contribution in [0, 0.1) is 0 Å². The van der Waals surface area contributed by atoms with Gasteiger partial charge in [-0.2, -0.15) is 0 Å². The van der Waals surface area contributed by atoms with Crippen LogP contribution in [-0.2, 0) is 6.54 Å². The van der Waals surface area contributed by atoms with Crippen molar-refractivity contribution in [1.82, 2.24) is 25.0 Å². The molecule has 84 valence electrons. The van der Waals surface area contributed by atoms with Crippen LogP contribution in [0.2, 0.25) is 0 Å². The molecule has 0 radical (unpaired) electrons. The van der Waals surface area contributed by atoms with E-state index in [-0.39, 0.29) is 0 Å². The average molecular weight is 283 g/mol. The lowest BCUT2D eigenvalue weighted by Gasteiger charge is -2.06. The zero-order valence-electron chi connectivity index (χ0n) is 8.54. The number of hydrogen-bond donors (Lipinski definition) is 1. The molecule has 7 heteroatoms. The second-order valence-electron chi connectivity index (χ2n) is 3.17. The van der Waals surface area contributed by atoms with E-state index in [0.29, 0.717) is 0 Å². The molecule has 2 aromatic heterocycles. The number of aryl methyl sites for hydroxylation is 1. The summed E-state index contributed by atoms with van der Waals surface area (Å²) in [6, 6.07) is 0. The zero-order chi connectivity index (χ0) is 11.2. The molecule has 0 fully saturated rings. The van der Waals surface area contributed by atoms with Crippen LogP contribution in [-0.4, -0.2) is 31.5 Å². The van der Waals surface area contributed by atoms with Crippen molar-refractivity contribution in [3.05, 3.63) is 29.4 Å². The molecule has 6 nitrogen and oxygen atoms in total. The Morgan fingerprint density at radius 1 is 1.44 bits per heavy atom. The number of halogens is 1. The number of hydrogen-bond acceptors (Lipinski definition) is 5. The molecule has 0 atom stereocenters. The molecular formula is C9H11BrN6. The van der Waals surface area contributed by atoms with Crippen molar-refractivity contribution < 1.29 is 0 Å². The smallest absolute Gasteiger partial charge is 0.143 e. The molecule has 16 heavy (non-hydrogen) atoms. The maximum Gasteiger partial charge on any atom is 0.143 e. The molecule has 2 rings (SSSR count). The first kappa shape index (κ1) is 11.0. The minimum absolute atomic E-state index is 0.814. The van der Waals surface area contributed by atoms with E-state index in [1.807, 2.05) is 6.20 Å². The summed E-state index contributed by atoms with van der Waals surface area (Å²) in [6.07, 6.45) is 7.71. The van der Waals surface area contributed by atoms with Crippen LogP contribution in [0.1, 0.15) is 6.42 Å². The Morgan fingerprint density at radius 2 is 2.38 bits per heavy atom. The lowest BCUT2D eigenvalue weighted by Crippen LogP contribution is -2.08. The van der Waals surface area contributed by atoms with Crippen molar-refractivity contribution in [3.8, 4) is 0 Å². The van der Waals surface area contributed by atoms with Crippen molar-refractivity contribution >= 4 is 21.7 Å². The fourth-order valence-electron chi connectivity index (χ4n) is 1.24. The van der Waals surface area contributed by atoms with E-state index in [2.05, 4.69) is 41.5 Å². The molecule has 0 saturated carbocycles. The van der Waals surface area contributed by atoms with Gasteiger partial charge in [-0.3, -0.25) is 4.68 Å². The lowest BCUT2D eigenvalue weighted by atomic mass is 10.4. The van der Waals surface area contributed by atoms with Crippen LogP contribution >= 0.6 is 15.9 Å². The first-order valence-corrected chi connectivity index (χ1v) is 5.69. The largest absolute Gasteiger partial charge is 0.369 e. The third-order valence-electron chi connectivity index (χ3n) is 2.00. The van der Waals surface area contributed by atoms with Crippen LogP contribution in [0.25, 0.3) is 0 Å². The standard InChI is InChI=1S/C9H11BrN6/c10-8-6-11-7-13-9(8)12-2-1-4-16-5-3-14-15-16/h3,5-7H,1-2,4H2,(H,11,12,13). The summed E-state index contributed by atoms with van der Waals surface area (Å²) in [5.74, 6) is 0.814. The molecule has 0 amide bonds. The Bertz CT molecular complexity index is 429. The summed E-state index contributed by atoms with van der Waals surface area (Å²) in [5.41, 5.74) is 0. The van der Waals surface area contributed by atoms with E-state index in [1.165, 1.54) is 6.33 Å². The van der Waals surface area contributed by atoms with E-state index in [0.717, 1.165) is 29.8 Å². The van der Waals surface area contributed by atoms with Crippen LogP contribution < -0.4 is 5.32 Å². The van der Waals surface area contributed by atoms with Gasteiger partial charge in [0, 0.05) is 25.5 Å². The normalized spacial score (nSPS) is 10.3. The average Bonchev–Trinajstić information content (AvgIpc) is 2.79. The molecule has 0 bridgehead atoms. The molecule has 0 saturated heterocycles. The summed E-state index contributed by atoms with van der Waals surface area (Å²) in [7, 11) is 0. The first-order chi connectivity index (χ1) is 7.86. The van der Waals surface area contributed by atoms with Crippen molar-refractivity contribution in [1.29, 1.82) is 0 Å². The summed E-state index contributed by atoms with van der Waals surface area (Å²) in [6.45, 7) is 1.67. The Labute approximate surface area is 101 Å². The molecule has 1 N–H and O–H groups in total. The van der Waals surface area contributed by atoms with Gasteiger partial charge in [0.05, 0.1) is 10.7 Å². The third-order valence-corrected chi connectivity index (χ3v) is 2.58. The zero-order valence-corrected chi connectivity index (χ0v) is 10.1. The van der Waals surface area contributed by atoms with E-state index < -0.39 is 0 Å². The van der Waals surface area contributed by atoms with E-state index in [9.17, 15) is 0 Å². The van der Waals surface area contributed by atoms with Crippen molar-refractivity contribution in [2.75, 3.05) is 11.9 Å². The number of nitrogens with one attached hydrogen (secondary N) is 1. The summed E-state index contributed by atoms with van der Waals surface area (Å²) in [4.78, 5) is 8.00. The summed E-state index contributed by atoms with van der Waals surface area (Å²) in [5, 5.41) is 10.8. The first-order valence-electron chi connectivity index (χ1n) is 4.90. The maximum atomic E-state index is 4.11. The van der Waals surface area contributed by atoms with Crippen LogP contribution in [0.3, 0.4) is 0 Å². The fourth-order valence-corrected chi connectivity index (χ4v) is 1.60. The Balaban J connectivity index is 1.74. The highest BCUT2D eigenvalue weighted by Crippen LogP contribution is 2.16. The predicted octanol–water partition coefficient (Wildman–Crippen LogP) is 1.33. The van der Waals surface area contributed by atoms with Crippen LogP contribution in [0.4, 0.5) is 5.82 Å². The highest BCUT2D eigenvalue weighted by molar-refractivity contribution is 9.10. The Kier molecular flexibility index (Phi) is 3.81. The van der Waals surface area contributed by atoms with Crippen molar-refractivity contribution in [3.63, 3.8) is 0 Å². The molecular weight excluding hydrogens is 272 g/mol. The second kappa shape index (κ2) is 5.55. The van der Waals surface area contributed by atoms with Gasteiger partial charge in [-0.25, -0.2) is 9.97 Å². The van der Waals surface area contributed by atoms with Crippen molar-refractivity contribution in [2.24, 2.45) is 0 Å². The monoisotopic (exact) mass is 282 g/mol. The molecule has 0 aromatic carbocycles. The Morgan fingerprint density at radius 3 is 3.12 bits per heavy atom.